The van der Waals surface area contributed by atoms with E-state index in [0.717, 1.165) is 25.9 Å². The summed E-state index contributed by atoms with van der Waals surface area (Å²) >= 11 is 4.00. The van der Waals surface area contributed by atoms with Crippen LogP contribution in [0.4, 0.5) is 0 Å². The molecule has 0 aromatic heterocycles. The number of carbonyl (C=O) groups is 2. The first-order valence-corrected chi connectivity index (χ1v) is 5.86. The minimum absolute atomic E-state index is 0.118. The largest absolute Gasteiger partial charge is 0.355 e. The van der Waals surface area contributed by atoms with Crippen LogP contribution in [-0.2, 0) is 9.59 Å². The number of hydrogen-bond acceptors (Lipinski definition) is 3. The van der Waals surface area contributed by atoms with E-state index in [2.05, 4.69) is 17.9 Å². The van der Waals surface area contributed by atoms with E-state index < -0.39 is 0 Å². The van der Waals surface area contributed by atoms with Gasteiger partial charge in [-0.2, -0.15) is 12.6 Å². The fourth-order valence-electron chi connectivity index (χ4n) is 1.56. The van der Waals surface area contributed by atoms with Gasteiger partial charge in [0.1, 0.15) is 0 Å². The number of nitrogens with zero attached hydrogens (tertiary/aromatic N) is 1. The van der Waals surface area contributed by atoms with Crippen molar-refractivity contribution in [2.45, 2.75) is 31.4 Å². The molecule has 1 fully saturated rings. The summed E-state index contributed by atoms with van der Waals surface area (Å²) in [5.74, 6) is 0.0205. The lowest BCUT2D eigenvalue weighted by molar-refractivity contribution is -0.130. The van der Waals surface area contributed by atoms with Crippen LogP contribution in [0.1, 0.15) is 26.2 Å². The summed E-state index contributed by atoms with van der Waals surface area (Å²) < 4.78 is 0. The maximum Gasteiger partial charge on any atom is 0.232 e. The van der Waals surface area contributed by atoms with E-state index in [1.807, 2.05) is 4.90 Å². The third kappa shape index (κ3) is 4.11. The number of amides is 2. The van der Waals surface area contributed by atoms with Gasteiger partial charge in [0.2, 0.25) is 11.8 Å². The first-order chi connectivity index (χ1) is 7.11. The molecule has 1 aliphatic heterocycles. The van der Waals surface area contributed by atoms with Gasteiger partial charge in [0, 0.05) is 26.1 Å². The lowest BCUT2D eigenvalue weighted by atomic mass is 10.3. The van der Waals surface area contributed by atoms with Crippen molar-refractivity contribution in [3.8, 4) is 0 Å². The van der Waals surface area contributed by atoms with Crippen molar-refractivity contribution in [3.63, 3.8) is 0 Å². The Bertz CT molecular complexity index is 238. The maximum atomic E-state index is 11.6. The molecule has 0 aromatic carbocycles. The first kappa shape index (κ1) is 12.4. The van der Waals surface area contributed by atoms with Gasteiger partial charge in [0.15, 0.2) is 0 Å². The summed E-state index contributed by atoms with van der Waals surface area (Å²) in [6, 6.07) is 0. The number of hydrogen-bond donors (Lipinski definition) is 2. The van der Waals surface area contributed by atoms with Crippen molar-refractivity contribution in [2.75, 3.05) is 19.6 Å². The number of likely N-dealkylation sites (tertiary alicyclic amines) is 1. The second-order valence-corrected chi connectivity index (χ2v) is 4.58. The molecule has 0 spiro atoms. The second-order valence-electron chi connectivity index (χ2n) is 3.80. The summed E-state index contributed by atoms with van der Waals surface area (Å²) in [5, 5.41) is 2.36. The number of nitrogens with one attached hydrogen (secondary N) is 1. The fraction of sp³-hybridized carbons (Fsp3) is 0.800. The predicted octanol–water partition coefficient (Wildman–Crippen LogP) is 0.433. The van der Waals surface area contributed by atoms with Crippen LogP contribution in [0.2, 0.25) is 0 Å². The Balaban J connectivity index is 2.14. The average molecular weight is 230 g/mol. The predicted molar refractivity (Wildman–Crippen MR) is 61.9 cm³/mol. The quantitative estimate of drug-likeness (QED) is 0.688. The Hall–Kier alpha value is -0.710. The van der Waals surface area contributed by atoms with Crippen LogP contribution in [0.5, 0.6) is 0 Å². The van der Waals surface area contributed by atoms with Gasteiger partial charge in [-0.1, -0.05) is 0 Å². The zero-order chi connectivity index (χ0) is 11.3. The average Bonchev–Trinajstić information content (AvgIpc) is 2.70. The molecule has 15 heavy (non-hydrogen) atoms. The molecule has 1 N–H and O–H groups in total. The highest BCUT2D eigenvalue weighted by molar-refractivity contribution is 7.81. The molecule has 1 aliphatic rings. The topological polar surface area (TPSA) is 49.4 Å². The van der Waals surface area contributed by atoms with Crippen molar-refractivity contribution in [2.24, 2.45) is 0 Å². The van der Waals surface area contributed by atoms with Crippen LogP contribution in [0.25, 0.3) is 0 Å². The molecular formula is C10H18N2O2S. The molecule has 0 radical (unpaired) electrons. The number of carbonyl (C=O) groups excluding carboxylic acids is 2. The van der Waals surface area contributed by atoms with Gasteiger partial charge in [-0.25, -0.2) is 0 Å². The Morgan fingerprint density at radius 3 is 2.53 bits per heavy atom. The van der Waals surface area contributed by atoms with E-state index in [9.17, 15) is 9.59 Å². The van der Waals surface area contributed by atoms with Crippen molar-refractivity contribution < 1.29 is 9.59 Å². The van der Waals surface area contributed by atoms with Gasteiger partial charge in [0.25, 0.3) is 0 Å². The van der Waals surface area contributed by atoms with E-state index in [0.29, 0.717) is 13.0 Å². The van der Waals surface area contributed by atoms with Crippen LogP contribution in [0.3, 0.4) is 0 Å². The van der Waals surface area contributed by atoms with Gasteiger partial charge in [-0.15, -0.1) is 0 Å². The van der Waals surface area contributed by atoms with Crippen molar-refractivity contribution in [3.05, 3.63) is 0 Å². The summed E-state index contributed by atoms with van der Waals surface area (Å²) in [6.45, 7) is 3.87. The molecule has 1 saturated heterocycles. The molecule has 1 unspecified atom stereocenters. The molecule has 4 nitrogen and oxygen atoms in total. The second kappa shape index (κ2) is 6.00. The Morgan fingerprint density at radius 2 is 2.00 bits per heavy atom. The highest BCUT2D eigenvalue weighted by Gasteiger charge is 2.17. The highest BCUT2D eigenvalue weighted by atomic mass is 32.1. The van der Waals surface area contributed by atoms with Gasteiger partial charge in [-0.3, -0.25) is 9.59 Å². The van der Waals surface area contributed by atoms with Crippen LogP contribution >= 0.6 is 12.6 Å². The zero-order valence-electron chi connectivity index (χ0n) is 9.03. The minimum atomic E-state index is -0.313. The van der Waals surface area contributed by atoms with E-state index in [1.165, 1.54) is 0 Å². The fourth-order valence-corrected chi connectivity index (χ4v) is 1.66. The third-order valence-corrected chi connectivity index (χ3v) is 2.71. The molecule has 1 atom stereocenters. The van der Waals surface area contributed by atoms with Crippen LogP contribution in [0, 0.1) is 0 Å². The summed E-state index contributed by atoms with van der Waals surface area (Å²) in [4.78, 5) is 24.5. The molecule has 86 valence electrons. The zero-order valence-corrected chi connectivity index (χ0v) is 9.93. The van der Waals surface area contributed by atoms with Crippen molar-refractivity contribution >= 4 is 24.4 Å². The Labute approximate surface area is 95.8 Å². The lowest BCUT2D eigenvalue weighted by Gasteiger charge is -2.15. The van der Waals surface area contributed by atoms with Crippen molar-refractivity contribution in [1.29, 1.82) is 0 Å². The lowest BCUT2D eigenvalue weighted by Crippen LogP contribution is -2.35. The molecule has 0 bridgehead atoms. The highest BCUT2D eigenvalue weighted by Crippen LogP contribution is 2.08. The van der Waals surface area contributed by atoms with Crippen LogP contribution in [0.15, 0.2) is 0 Å². The smallest absolute Gasteiger partial charge is 0.232 e. The normalized spacial score (nSPS) is 17.6. The van der Waals surface area contributed by atoms with Crippen LogP contribution < -0.4 is 5.32 Å². The molecular weight excluding hydrogens is 212 g/mol. The van der Waals surface area contributed by atoms with Gasteiger partial charge >= 0.3 is 0 Å². The Kier molecular flexibility index (Phi) is 4.94. The monoisotopic (exact) mass is 230 g/mol. The number of rotatable bonds is 4. The van der Waals surface area contributed by atoms with Gasteiger partial charge < -0.3 is 10.2 Å². The molecule has 1 heterocycles. The molecule has 1 rings (SSSR count). The summed E-state index contributed by atoms with van der Waals surface area (Å²) in [5.41, 5.74) is 0. The van der Waals surface area contributed by atoms with E-state index >= 15 is 0 Å². The van der Waals surface area contributed by atoms with Crippen molar-refractivity contribution in [1.82, 2.24) is 10.2 Å². The van der Waals surface area contributed by atoms with Crippen LogP contribution in [-0.4, -0.2) is 41.6 Å². The molecule has 0 saturated carbocycles. The van der Waals surface area contributed by atoms with Gasteiger partial charge in [0.05, 0.1) is 5.25 Å². The van der Waals surface area contributed by atoms with Gasteiger partial charge in [-0.05, 0) is 19.8 Å². The van der Waals surface area contributed by atoms with E-state index in [1.54, 1.807) is 6.92 Å². The SMILES string of the molecule is CC(S)C(=O)NCCC(=O)N1CCCC1. The third-order valence-electron chi connectivity index (χ3n) is 2.48. The summed E-state index contributed by atoms with van der Waals surface area (Å²) in [7, 11) is 0. The standard InChI is InChI=1S/C10H18N2O2S/c1-8(15)10(14)11-5-4-9(13)12-6-2-3-7-12/h8,15H,2-7H2,1H3,(H,11,14). The molecule has 2 amide bonds. The maximum absolute atomic E-state index is 11.6. The van der Waals surface area contributed by atoms with E-state index in [-0.39, 0.29) is 17.1 Å². The molecule has 5 heteroatoms. The Morgan fingerprint density at radius 1 is 1.40 bits per heavy atom. The summed E-state index contributed by atoms with van der Waals surface area (Å²) in [6.07, 6.45) is 2.60. The minimum Gasteiger partial charge on any atom is -0.355 e. The van der Waals surface area contributed by atoms with E-state index in [4.69, 9.17) is 0 Å². The molecule has 0 aromatic rings. The number of thiol groups is 1. The first-order valence-electron chi connectivity index (χ1n) is 5.35. The molecule has 0 aliphatic carbocycles.